The van der Waals surface area contributed by atoms with Crippen molar-refractivity contribution in [3.63, 3.8) is 0 Å². The van der Waals surface area contributed by atoms with Crippen LogP contribution >= 0.6 is 0 Å². The number of rotatable bonds is 6. The maximum atomic E-state index is 13.7. The Hall–Kier alpha value is -1.83. The molecule has 8 atom stereocenters. The Kier molecular flexibility index (Phi) is 7.81. The van der Waals surface area contributed by atoms with Gasteiger partial charge in [-0.2, -0.15) is 0 Å². The second-order valence-corrected chi connectivity index (χ2v) is 14.2. The molecule has 0 saturated heterocycles. The van der Waals surface area contributed by atoms with Gasteiger partial charge in [-0.15, -0.1) is 0 Å². The van der Waals surface area contributed by atoms with E-state index in [1.807, 2.05) is 33.8 Å². The molecule has 6 unspecified atom stereocenters. The minimum absolute atomic E-state index is 0. The Balaban J connectivity index is 0.00000400. The van der Waals surface area contributed by atoms with Crippen LogP contribution in [0.3, 0.4) is 0 Å². The molecule has 4 rings (SSSR count). The Morgan fingerprint density at radius 3 is 2.45 bits per heavy atom. The molecule has 0 heterocycles. The third kappa shape index (κ3) is 4.62. The van der Waals surface area contributed by atoms with Crippen molar-refractivity contribution in [2.24, 2.45) is 45.7 Å². The van der Waals surface area contributed by atoms with Crippen molar-refractivity contribution in [3.8, 4) is 0 Å². The van der Waals surface area contributed by atoms with Gasteiger partial charge in [0.1, 0.15) is 5.60 Å². The summed E-state index contributed by atoms with van der Waals surface area (Å²) in [5.41, 5.74) is 2.75. The quantitative estimate of drug-likeness (QED) is 0.440. The number of hydrogen-bond acceptors (Lipinski definition) is 7. The van der Waals surface area contributed by atoms with Crippen LogP contribution in [0, 0.1) is 39.9 Å². The van der Waals surface area contributed by atoms with Crippen LogP contribution in [0.15, 0.2) is 23.8 Å². The first-order chi connectivity index (χ1) is 16.9. The number of hydrogen-bond donors (Lipinski definition) is 3. The van der Waals surface area contributed by atoms with Crippen molar-refractivity contribution in [2.75, 3.05) is 6.61 Å². The van der Waals surface area contributed by atoms with Crippen LogP contribution in [0.1, 0.15) is 88.0 Å². The molecule has 38 heavy (non-hydrogen) atoms. The molecule has 0 amide bonds. The summed E-state index contributed by atoms with van der Waals surface area (Å²) in [6.07, 6.45) is 7.42. The van der Waals surface area contributed by atoms with E-state index in [1.54, 1.807) is 26.0 Å². The summed E-state index contributed by atoms with van der Waals surface area (Å²) in [6, 6.07) is 0. The predicted molar refractivity (Wildman–Crippen MR) is 147 cm³/mol. The lowest BCUT2D eigenvalue weighted by Gasteiger charge is -2.59. The number of carbonyl (C=O) groups excluding carboxylic acids is 3. The van der Waals surface area contributed by atoms with Crippen molar-refractivity contribution in [1.29, 1.82) is 0 Å². The van der Waals surface area contributed by atoms with Gasteiger partial charge in [-0.3, -0.25) is 14.4 Å². The Morgan fingerprint density at radius 1 is 1.21 bits per heavy atom. The zero-order valence-electron chi connectivity index (χ0n) is 23.5. The van der Waals surface area contributed by atoms with Crippen LogP contribution < -0.4 is 5.73 Å². The molecular formula is C31H49NO6. The smallest absolute Gasteiger partial charge is 0.312 e. The van der Waals surface area contributed by atoms with E-state index in [-0.39, 0.29) is 43.3 Å². The summed E-state index contributed by atoms with van der Waals surface area (Å²) < 4.78 is 5.48. The van der Waals surface area contributed by atoms with Gasteiger partial charge in [0.15, 0.2) is 12.4 Å². The van der Waals surface area contributed by atoms with Gasteiger partial charge < -0.3 is 20.7 Å². The Bertz CT molecular complexity index is 1050. The highest BCUT2D eigenvalue weighted by Gasteiger charge is 2.70. The van der Waals surface area contributed by atoms with E-state index in [0.717, 1.165) is 18.4 Å². The zero-order valence-corrected chi connectivity index (χ0v) is 23.5. The van der Waals surface area contributed by atoms with Crippen LogP contribution in [-0.4, -0.2) is 51.6 Å². The monoisotopic (exact) mass is 531 g/mol. The summed E-state index contributed by atoms with van der Waals surface area (Å²) in [5.74, 6) is -1.33. The summed E-state index contributed by atoms with van der Waals surface area (Å²) >= 11 is 0. The number of esters is 1. The summed E-state index contributed by atoms with van der Waals surface area (Å²) in [4.78, 5) is 38.6. The minimum Gasteiger partial charge on any atom is -0.457 e. The second kappa shape index (κ2) is 9.67. The highest BCUT2D eigenvalue weighted by Crippen LogP contribution is 2.68. The molecule has 0 aliphatic heterocycles. The van der Waals surface area contributed by atoms with Gasteiger partial charge in [-0.05, 0) is 89.7 Å². The van der Waals surface area contributed by atoms with Crippen molar-refractivity contribution >= 4 is 17.5 Å². The molecule has 4 aliphatic rings. The highest BCUT2D eigenvalue weighted by molar-refractivity contribution is 6.01. The molecule has 3 saturated carbocycles. The van der Waals surface area contributed by atoms with E-state index in [0.29, 0.717) is 12.8 Å². The number of carbonyl (C=O) groups is 3. The van der Waals surface area contributed by atoms with E-state index in [4.69, 9.17) is 10.5 Å². The molecule has 7 heteroatoms. The topological polar surface area (TPSA) is 127 Å². The zero-order chi connectivity index (χ0) is 27.8. The SMILES string of the molecule is C.C[C@@H]1CC2C3CCC4=CC(=O)C=CC4(C)C3C(O)CC2(C)[C@@]1(O)C(=O)COC(=O)C(C)(C)CC(C)(C)N. The predicted octanol–water partition coefficient (Wildman–Crippen LogP) is 4.14. The van der Waals surface area contributed by atoms with Gasteiger partial charge in [0.05, 0.1) is 11.5 Å². The van der Waals surface area contributed by atoms with Crippen molar-refractivity contribution in [1.82, 2.24) is 0 Å². The standard InChI is InChI=1S/C30H45NO6.CH4/c1-17-12-21-20-9-8-18-13-19(32)10-11-28(18,6)24(20)22(33)14-29(21,7)30(17,36)23(34)15-37-25(35)26(2,3)16-27(4,5)31;/h10-11,13,17,20-22,24,33,36H,8-9,12,14-16,31H2,1-7H3;1H4/t17-,20?,21?,22?,24?,28?,29?,30+;/m1./s1. The lowest BCUT2D eigenvalue weighted by atomic mass is 9.46. The van der Waals surface area contributed by atoms with Crippen LogP contribution in [0.5, 0.6) is 0 Å². The van der Waals surface area contributed by atoms with Gasteiger partial charge in [-0.25, -0.2) is 0 Å². The highest BCUT2D eigenvalue weighted by atomic mass is 16.5. The van der Waals surface area contributed by atoms with Crippen molar-refractivity contribution in [2.45, 2.75) is 105 Å². The third-order valence-electron chi connectivity index (χ3n) is 10.3. The molecule has 0 radical (unpaired) electrons. The van der Waals surface area contributed by atoms with Crippen LogP contribution in [0.2, 0.25) is 0 Å². The summed E-state index contributed by atoms with van der Waals surface area (Å²) in [5, 5.41) is 23.6. The van der Waals surface area contributed by atoms with Gasteiger partial charge >= 0.3 is 5.97 Å². The summed E-state index contributed by atoms with van der Waals surface area (Å²) in [7, 11) is 0. The number of ketones is 2. The lowest BCUT2D eigenvalue weighted by Crippen LogP contribution is -2.63. The fraction of sp³-hybridized carbons (Fsp3) is 0.774. The molecular weight excluding hydrogens is 482 g/mol. The van der Waals surface area contributed by atoms with Gasteiger partial charge in [-0.1, -0.05) is 39.8 Å². The third-order valence-corrected chi connectivity index (χ3v) is 10.3. The molecule has 7 nitrogen and oxygen atoms in total. The van der Waals surface area contributed by atoms with Gasteiger partial charge in [0, 0.05) is 22.3 Å². The Morgan fingerprint density at radius 2 is 1.84 bits per heavy atom. The summed E-state index contributed by atoms with van der Waals surface area (Å²) in [6.45, 7) is 12.6. The molecule has 0 bridgehead atoms. The lowest BCUT2D eigenvalue weighted by molar-refractivity contribution is -0.187. The molecule has 0 aromatic carbocycles. The minimum atomic E-state index is -1.71. The molecule has 214 valence electrons. The second-order valence-electron chi connectivity index (χ2n) is 14.2. The number of nitrogens with two attached hydrogens (primary N) is 1. The van der Waals surface area contributed by atoms with Gasteiger partial charge in [0.25, 0.3) is 0 Å². The maximum absolute atomic E-state index is 13.7. The van der Waals surface area contributed by atoms with Gasteiger partial charge in [0.2, 0.25) is 5.78 Å². The number of allylic oxidation sites excluding steroid dienone is 4. The van der Waals surface area contributed by atoms with Crippen LogP contribution in [-0.2, 0) is 19.1 Å². The first kappa shape index (κ1) is 30.7. The molecule has 0 aromatic rings. The molecule has 3 fully saturated rings. The Labute approximate surface area is 228 Å². The van der Waals surface area contributed by atoms with E-state index >= 15 is 0 Å². The normalized spacial score (nSPS) is 40.3. The molecule has 4 aliphatic carbocycles. The molecule has 4 N–H and O–H groups in total. The molecule has 0 aromatic heterocycles. The maximum Gasteiger partial charge on any atom is 0.312 e. The molecule has 0 spiro atoms. The first-order valence-electron chi connectivity index (χ1n) is 13.7. The van der Waals surface area contributed by atoms with E-state index in [2.05, 4.69) is 6.92 Å². The number of Topliss-reactive ketones (excluding diaryl/α,β-unsaturated/α-hetero) is 1. The fourth-order valence-electron chi connectivity index (χ4n) is 8.90. The average molecular weight is 532 g/mol. The van der Waals surface area contributed by atoms with E-state index < -0.39 is 51.8 Å². The fourth-order valence-corrected chi connectivity index (χ4v) is 8.90. The largest absolute Gasteiger partial charge is 0.457 e. The first-order valence-corrected chi connectivity index (χ1v) is 13.7. The van der Waals surface area contributed by atoms with Crippen LogP contribution in [0.25, 0.3) is 0 Å². The number of aliphatic hydroxyl groups excluding tert-OH is 1. The van der Waals surface area contributed by atoms with Crippen molar-refractivity contribution < 1.29 is 29.3 Å². The number of fused-ring (bicyclic) bond motifs is 5. The average Bonchev–Trinajstić information content (AvgIpc) is 2.97. The number of aliphatic hydroxyl groups is 2. The van der Waals surface area contributed by atoms with Crippen molar-refractivity contribution in [3.05, 3.63) is 23.8 Å². The van der Waals surface area contributed by atoms with E-state index in [9.17, 15) is 24.6 Å². The van der Waals surface area contributed by atoms with E-state index in [1.165, 1.54) is 0 Å². The number of ether oxygens (including phenoxy) is 1. The van der Waals surface area contributed by atoms with Crippen LogP contribution in [0.4, 0.5) is 0 Å².